The van der Waals surface area contributed by atoms with Gasteiger partial charge < -0.3 is 10.0 Å². The summed E-state index contributed by atoms with van der Waals surface area (Å²) in [6, 6.07) is 11.6. The molecule has 166 valence electrons. The highest BCUT2D eigenvalue weighted by molar-refractivity contribution is 7.10. The first-order chi connectivity index (χ1) is 15.3. The number of carboxylic acids is 1. The maximum Gasteiger partial charge on any atom is 0.378 e. The number of aliphatic carboxylic acids is 1. The number of rotatable bonds is 5. The molecule has 2 atom stereocenters. The van der Waals surface area contributed by atoms with Crippen LogP contribution in [0.4, 0.5) is 0 Å². The van der Waals surface area contributed by atoms with Crippen molar-refractivity contribution in [3.05, 3.63) is 57.6 Å². The molecule has 1 aliphatic rings. The number of halogens is 1. The van der Waals surface area contributed by atoms with Crippen molar-refractivity contribution in [2.75, 3.05) is 13.1 Å². The first kappa shape index (κ1) is 22.3. The van der Waals surface area contributed by atoms with Crippen LogP contribution in [-0.2, 0) is 11.3 Å². The summed E-state index contributed by atoms with van der Waals surface area (Å²) >= 11 is 7.06. The maximum atomic E-state index is 13.4. The molecule has 1 N–H and O–H groups in total. The second kappa shape index (κ2) is 8.93. The van der Waals surface area contributed by atoms with Crippen LogP contribution in [0, 0.1) is 0 Å². The van der Waals surface area contributed by atoms with E-state index in [0.29, 0.717) is 13.1 Å². The van der Waals surface area contributed by atoms with E-state index in [1.807, 2.05) is 25.1 Å². The number of Topliss-reactive ketones (excluding diaryl/α,β-unsaturated/α-hetero) is 1. The number of amides is 1. The smallest absolute Gasteiger partial charge is 0.378 e. The lowest BCUT2D eigenvalue weighted by atomic mass is 10.1. The molecular formula is C22H21ClN4O4S. The van der Waals surface area contributed by atoms with Gasteiger partial charge in [-0.25, -0.2) is 9.78 Å². The molecule has 32 heavy (non-hydrogen) atoms. The molecule has 2 aromatic heterocycles. The van der Waals surface area contributed by atoms with Gasteiger partial charge in [0, 0.05) is 31.7 Å². The maximum absolute atomic E-state index is 13.4. The third kappa shape index (κ3) is 4.23. The third-order valence-corrected chi connectivity index (χ3v) is 6.75. The number of hydrogen-bond acceptors (Lipinski definition) is 7. The summed E-state index contributed by atoms with van der Waals surface area (Å²) in [5.41, 5.74) is 1.57. The number of pyridine rings is 1. The summed E-state index contributed by atoms with van der Waals surface area (Å²) < 4.78 is 4.05. The van der Waals surface area contributed by atoms with Crippen LogP contribution in [0.3, 0.4) is 0 Å². The van der Waals surface area contributed by atoms with Gasteiger partial charge in [0.1, 0.15) is 21.6 Å². The van der Waals surface area contributed by atoms with E-state index < -0.39 is 11.8 Å². The molecule has 0 saturated carbocycles. The molecule has 1 amide bonds. The van der Waals surface area contributed by atoms with Gasteiger partial charge in [-0.1, -0.05) is 41.9 Å². The highest BCUT2D eigenvalue weighted by atomic mass is 35.5. The summed E-state index contributed by atoms with van der Waals surface area (Å²) in [6.07, 6.45) is 0. The van der Waals surface area contributed by atoms with E-state index in [2.05, 4.69) is 33.3 Å². The standard InChI is InChI=1S/C22H21ClN4O4S/c1-12-10-27(13(2)9-26(12)11-14-6-4-3-5-7-14)21(29)17-15(23)8-16-18(24-17)20(32-25-16)19(28)22(30)31/h3-8,12-13H,9-11H2,1-2H3,(H,30,31)/t12-,13+/m0/s1. The van der Waals surface area contributed by atoms with Crippen molar-refractivity contribution >= 4 is 51.8 Å². The first-order valence-corrected chi connectivity index (χ1v) is 11.2. The molecular weight excluding hydrogens is 452 g/mol. The Morgan fingerprint density at radius 3 is 2.56 bits per heavy atom. The fraction of sp³-hybridized carbons (Fsp3) is 0.318. The Labute approximate surface area is 193 Å². The lowest BCUT2D eigenvalue weighted by Crippen LogP contribution is -2.57. The molecule has 0 bridgehead atoms. The zero-order chi connectivity index (χ0) is 23.0. The predicted octanol–water partition coefficient (Wildman–Crippen LogP) is 3.35. The van der Waals surface area contributed by atoms with Crippen molar-refractivity contribution in [1.82, 2.24) is 19.2 Å². The minimum atomic E-state index is -1.60. The second-order valence-corrected chi connectivity index (χ2v) is 9.08. The van der Waals surface area contributed by atoms with Crippen molar-refractivity contribution < 1.29 is 19.5 Å². The SMILES string of the molecule is C[C@@H]1CN(Cc2ccccc2)[C@@H](C)CN1C(=O)c1nc2c(C(=O)C(=O)O)snc2cc1Cl. The first-order valence-electron chi connectivity index (χ1n) is 10.1. The van der Waals surface area contributed by atoms with Crippen LogP contribution in [0.1, 0.15) is 39.6 Å². The number of aromatic nitrogens is 2. The molecule has 1 saturated heterocycles. The number of ketones is 1. The number of fused-ring (bicyclic) bond motifs is 1. The Morgan fingerprint density at radius 1 is 1.16 bits per heavy atom. The minimum absolute atomic E-state index is 0.00522. The summed E-state index contributed by atoms with van der Waals surface area (Å²) in [6.45, 7) is 6.01. The molecule has 8 nitrogen and oxygen atoms in total. The van der Waals surface area contributed by atoms with Crippen molar-refractivity contribution in [3.63, 3.8) is 0 Å². The van der Waals surface area contributed by atoms with Crippen LogP contribution in [0.5, 0.6) is 0 Å². The molecule has 3 aromatic rings. The summed E-state index contributed by atoms with van der Waals surface area (Å²) in [5, 5.41) is 9.16. The Morgan fingerprint density at radius 2 is 1.88 bits per heavy atom. The topological polar surface area (TPSA) is 104 Å². The Kier molecular flexibility index (Phi) is 6.23. The molecule has 1 aliphatic heterocycles. The zero-order valence-electron chi connectivity index (χ0n) is 17.5. The average Bonchev–Trinajstić information content (AvgIpc) is 3.17. The monoisotopic (exact) mass is 472 g/mol. The zero-order valence-corrected chi connectivity index (χ0v) is 19.1. The molecule has 4 rings (SSSR count). The molecule has 0 spiro atoms. The van der Waals surface area contributed by atoms with Crippen molar-refractivity contribution in [3.8, 4) is 0 Å². The molecule has 0 radical (unpaired) electrons. The minimum Gasteiger partial charge on any atom is -0.475 e. The van der Waals surface area contributed by atoms with Gasteiger partial charge in [0.15, 0.2) is 0 Å². The number of nitrogens with zero attached hydrogens (tertiary/aromatic N) is 4. The average molecular weight is 473 g/mol. The lowest BCUT2D eigenvalue weighted by Gasteiger charge is -2.44. The van der Waals surface area contributed by atoms with Crippen LogP contribution in [0.25, 0.3) is 11.0 Å². The molecule has 1 fully saturated rings. The number of carbonyl (C=O) groups is 3. The van der Waals surface area contributed by atoms with E-state index in [0.717, 1.165) is 18.1 Å². The van der Waals surface area contributed by atoms with Gasteiger partial charge in [0.05, 0.1) is 5.02 Å². The highest BCUT2D eigenvalue weighted by Gasteiger charge is 2.34. The second-order valence-electron chi connectivity index (χ2n) is 7.90. The van der Waals surface area contributed by atoms with Crippen LogP contribution < -0.4 is 0 Å². The molecule has 0 unspecified atom stereocenters. The van der Waals surface area contributed by atoms with Crippen LogP contribution >= 0.6 is 23.1 Å². The summed E-state index contributed by atoms with van der Waals surface area (Å²) in [5.74, 6) is -3.06. The van der Waals surface area contributed by atoms with Gasteiger partial charge in [0.2, 0.25) is 0 Å². The number of carbonyl (C=O) groups excluding carboxylic acids is 2. The molecule has 1 aromatic carbocycles. The van der Waals surface area contributed by atoms with Crippen LogP contribution in [0.15, 0.2) is 36.4 Å². The number of carboxylic acid groups (broad SMARTS) is 1. The van der Waals surface area contributed by atoms with E-state index in [1.165, 1.54) is 11.6 Å². The summed E-state index contributed by atoms with van der Waals surface area (Å²) in [4.78, 5) is 44.7. The largest absolute Gasteiger partial charge is 0.475 e. The fourth-order valence-electron chi connectivity index (χ4n) is 3.91. The van der Waals surface area contributed by atoms with E-state index in [4.69, 9.17) is 16.7 Å². The van der Waals surface area contributed by atoms with Crippen LogP contribution in [-0.4, -0.2) is 67.1 Å². The normalized spacial score (nSPS) is 19.3. The Hall–Kier alpha value is -2.88. The van der Waals surface area contributed by atoms with Crippen molar-refractivity contribution in [1.29, 1.82) is 0 Å². The summed E-state index contributed by atoms with van der Waals surface area (Å²) in [7, 11) is 0. The molecule has 10 heteroatoms. The molecule has 0 aliphatic carbocycles. The van der Waals surface area contributed by atoms with E-state index in [9.17, 15) is 14.4 Å². The van der Waals surface area contributed by atoms with Gasteiger partial charge in [-0.2, -0.15) is 4.37 Å². The van der Waals surface area contributed by atoms with Gasteiger partial charge in [-0.05, 0) is 37.0 Å². The van der Waals surface area contributed by atoms with Gasteiger partial charge >= 0.3 is 5.97 Å². The Bertz CT molecular complexity index is 1200. The lowest BCUT2D eigenvalue weighted by molar-refractivity contribution is -0.131. The van der Waals surface area contributed by atoms with Crippen molar-refractivity contribution in [2.45, 2.75) is 32.5 Å². The highest BCUT2D eigenvalue weighted by Crippen LogP contribution is 2.28. The number of benzene rings is 1. The molecule has 3 heterocycles. The van der Waals surface area contributed by atoms with E-state index in [1.54, 1.807) is 4.90 Å². The van der Waals surface area contributed by atoms with Crippen molar-refractivity contribution in [2.24, 2.45) is 0 Å². The number of hydrogen-bond donors (Lipinski definition) is 1. The van der Waals surface area contributed by atoms with E-state index in [-0.39, 0.29) is 44.6 Å². The number of piperazine rings is 1. The van der Waals surface area contributed by atoms with Crippen LogP contribution in [0.2, 0.25) is 5.02 Å². The van der Waals surface area contributed by atoms with Gasteiger partial charge in [0.25, 0.3) is 11.7 Å². The predicted molar refractivity (Wildman–Crippen MR) is 121 cm³/mol. The quantitative estimate of drug-likeness (QED) is 0.448. The van der Waals surface area contributed by atoms with E-state index >= 15 is 0 Å². The van der Waals surface area contributed by atoms with Gasteiger partial charge in [-0.15, -0.1) is 0 Å². The van der Waals surface area contributed by atoms with Gasteiger partial charge in [-0.3, -0.25) is 14.5 Å². The fourth-order valence-corrected chi connectivity index (χ4v) is 4.87. The third-order valence-electron chi connectivity index (χ3n) is 5.61. The Balaban J connectivity index is 1.59.